The molecule has 0 aliphatic rings. The lowest BCUT2D eigenvalue weighted by molar-refractivity contribution is -0.131. The van der Waals surface area contributed by atoms with Crippen molar-refractivity contribution in [1.82, 2.24) is 10.2 Å². The number of aryl methyl sites for hydroxylation is 1. The van der Waals surface area contributed by atoms with Crippen LogP contribution in [0.1, 0.15) is 11.5 Å². The summed E-state index contributed by atoms with van der Waals surface area (Å²) in [6.45, 7) is 1.60. The molecule has 0 saturated carbocycles. The fraction of sp³-hybridized carbons (Fsp3) is 0.0833. The van der Waals surface area contributed by atoms with Gasteiger partial charge in [-0.3, -0.25) is 0 Å². The Bertz CT molecular complexity index is 732. The third-order valence-corrected chi connectivity index (χ3v) is 3.93. The largest absolute Gasteiger partial charge is 0.506 e. The Morgan fingerprint density at radius 3 is 2.76 bits per heavy atom. The molecular formula is C12H8BrClN2O4S. The van der Waals surface area contributed by atoms with E-state index in [1.807, 2.05) is 0 Å². The van der Waals surface area contributed by atoms with E-state index in [2.05, 4.69) is 26.1 Å². The molecule has 110 valence electrons. The number of carboxylic acid groups (broad SMARTS) is 1. The second-order valence-corrected chi connectivity index (χ2v) is 6.11. The average Bonchev–Trinajstić information content (AvgIpc) is 2.79. The van der Waals surface area contributed by atoms with Crippen molar-refractivity contribution in [3.63, 3.8) is 0 Å². The molecule has 1 aromatic heterocycles. The maximum Gasteiger partial charge on any atom is 0.342 e. The number of benzene rings is 1. The van der Waals surface area contributed by atoms with Crippen molar-refractivity contribution in [2.45, 2.75) is 12.1 Å². The molecule has 0 saturated heterocycles. The number of carboxylic acids is 1. The zero-order valence-electron chi connectivity index (χ0n) is 10.5. The SMILES string of the molecule is Cc1nnc(S/C(=C\c2cc(Cl)cc(Br)c2O)C(=O)O)o1. The molecule has 0 atom stereocenters. The van der Waals surface area contributed by atoms with Crippen LogP contribution in [0.4, 0.5) is 0 Å². The second-order valence-electron chi connectivity index (χ2n) is 3.83. The number of halogens is 2. The monoisotopic (exact) mass is 390 g/mol. The van der Waals surface area contributed by atoms with E-state index in [4.69, 9.17) is 16.0 Å². The first-order chi connectivity index (χ1) is 9.86. The van der Waals surface area contributed by atoms with Gasteiger partial charge < -0.3 is 14.6 Å². The van der Waals surface area contributed by atoms with E-state index >= 15 is 0 Å². The van der Waals surface area contributed by atoms with E-state index in [1.54, 1.807) is 6.92 Å². The number of aromatic hydroxyl groups is 1. The number of hydrogen-bond acceptors (Lipinski definition) is 6. The first kappa shape index (κ1) is 15.9. The molecule has 0 unspecified atom stereocenters. The van der Waals surface area contributed by atoms with E-state index in [-0.39, 0.29) is 21.4 Å². The molecule has 6 nitrogen and oxygen atoms in total. The number of aromatic nitrogens is 2. The number of aliphatic carboxylic acids is 1. The highest BCUT2D eigenvalue weighted by Crippen LogP contribution is 2.35. The molecule has 0 spiro atoms. The molecule has 0 amide bonds. The molecule has 0 bridgehead atoms. The summed E-state index contributed by atoms with van der Waals surface area (Å²) in [5.41, 5.74) is 0.260. The number of hydrogen-bond donors (Lipinski definition) is 2. The van der Waals surface area contributed by atoms with Crippen LogP contribution in [0.5, 0.6) is 5.75 Å². The number of rotatable bonds is 4. The van der Waals surface area contributed by atoms with Crippen molar-refractivity contribution in [2.24, 2.45) is 0 Å². The van der Waals surface area contributed by atoms with Crippen LogP contribution < -0.4 is 0 Å². The van der Waals surface area contributed by atoms with Crippen molar-refractivity contribution in [2.75, 3.05) is 0 Å². The van der Waals surface area contributed by atoms with Gasteiger partial charge in [0.15, 0.2) is 0 Å². The lowest BCUT2D eigenvalue weighted by Crippen LogP contribution is -1.97. The average molecular weight is 392 g/mol. The fourth-order valence-electron chi connectivity index (χ4n) is 1.39. The topological polar surface area (TPSA) is 96.5 Å². The zero-order valence-corrected chi connectivity index (χ0v) is 13.7. The third-order valence-electron chi connectivity index (χ3n) is 2.26. The van der Waals surface area contributed by atoms with Gasteiger partial charge in [0, 0.05) is 17.5 Å². The molecule has 1 aromatic carbocycles. The van der Waals surface area contributed by atoms with E-state index in [0.29, 0.717) is 15.4 Å². The molecule has 0 fully saturated rings. The van der Waals surface area contributed by atoms with Crippen LogP contribution >= 0.6 is 39.3 Å². The van der Waals surface area contributed by atoms with Gasteiger partial charge in [-0.15, -0.1) is 10.2 Å². The number of carbonyl (C=O) groups is 1. The summed E-state index contributed by atoms with van der Waals surface area (Å²) in [7, 11) is 0. The summed E-state index contributed by atoms with van der Waals surface area (Å²) in [5.74, 6) is -0.970. The van der Waals surface area contributed by atoms with E-state index in [0.717, 1.165) is 11.8 Å². The number of nitrogens with zero attached hydrogens (tertiary/aromatic N) is 2. The normalized spacial score (nSPS) is 11.7. The highest BCUT2D eigenvalue weighted by atomic mass is 79.9. The summed E-state index contributed by atoms with van der Waals surface area (Å²) in [4.78, 5) is 11.2. The van der Waals surface area contributed by atoms with Crippen LogP contribution in [0.3, 0.4) is 0 Å². The molecule has 1 heterocycles. The predicted molar refractivity (Wildman–Crippen MR) is 81.3 cm³/mol. The van der Waals surface area contributed by atoms with Crippen molar-refractivity contribution < 1.29 is 19.4 Å². The number of phenolic OH excluding ortho intramolecular Hbond substituents is 1. The quantitative estimate of drug-likeness (QED) is 0.605. The smallest absolute Gasteiger partial charge is 0.342 e. The lowest BCUT2D eigenvalue weighted by atomic mass is 10.2. The number of phenols is 1. The van der Waals surface area contributed by atoms with Gasteiger partial charge in [-0.25, -0.2) is 4.79 Å². The molecular weight excluding hydrogens is 384 g/mol. The van der Waals surface area contributed by atoms with Crippen LogP contribution in [0.25, 0.3) is 6.08 Å². The second kappa shape index (κ2) is 6.50. The van der Waals surface area contributed by atoms with Gasteiger partial charge in [0.25, 0.3) is 5.22 Å². The van der Waals surface area contributed by atoms with Gasteiger partial charge in [0.05, 0.1) is 4.47 Å². The lowest BCUT2D eigenvalue weighted by Gasteiger charge is -2.04. The maximum absolute atomic E-state index is 11.3. The van der Waals surface area contributed by atoms with Gasteiger partial charge in [-0.05, 0) is 45.9 Å². The summed E-state index contributed by atoms with van der Waals surface area (Å²) in [6, 6.07) is 2.95. The van der Waals surface area contributed by atoms with Crippen LogP contribution in [-0.4, -0.2) is 26.4 Å². The number of thioether (sulfide) groups is 1. The van der Waals surface area contributed by atoms with Gasteiger partial charge >= 0.3 is 5.97 Å². The fourth-order valence-corrected chi connectivity index (χ4v) is 2.92. The molecule has 0 aliphatic heterocycles. The minimum atomic E-state index is -1.19. The van der Waals surface area contributed by atoms with Crippen LogP contribution in [0.15, 0.2) is 31.2 Å². The Morgan fingerprint density at radius 2 is 2.19 bits per heavy atom. The minimum Gasteiger partial charge on any atom is -0.506 e. The summed E-state index contributed by atoms with van der Waals surface area (Å²) in [6.07, 6.45) is 1.28. The van der Waals surface area contributed by atoms with Crippen molar-refractivity contribution in [1.29, 1.82) is 0 Å². The third kappa shape index (κ3) is 3.99. The van der Waals surface area contributed by atoms with E-state index < -0.39 is 5.97 Å². The van der Waals surface area contributed by atoms with Crippen molar-refractivity contribution in [3.05, 3.63) is 38.0 Å². The Morgan fingerprint density at radius 1 is 1.48 bits per heavy atom. The first-order valence-corrected chi connectivity index (χ1v) is 7.46. The minimum absolute atomic E-state index is 0.0943. The highest BCUT2D eigenvalue weighted by Gasteiger charge is 2.16. The molecule has 21 heavy (non-hydrogen) atoms. The summed E-state index contributed by atoms with van der Waals surface area (Å²) in [5, 5.41) is 26.9. The van der Waals surface area contributed by atoms with Crippen molar-refractivity contribution in [3.8, 4) is 5.75 Å². The highest BCUT2D eigenvalue weighted by molar-refractivity contribution is 9.10. The maximum atomic E-state index is 11.3. The molecule has 9 heteroatoms. The Labute approximate surface area is 137 Å². The molecule has 0 radical (unpaired) electrons. The Kier molecular flexibility index (Phi) is 4.92. The van der Waals surface area contributed by atoms with E-state index in [1.165, 1.54) is 18.2 Å². The molecule has 2 aromatic rings. The van der Waals surface area contributed by atoms with Gasteiger partial charge in [-0.1, -0.05) is 11.6 Å². The van der Waals surface area contributed by atoms with Gasteiger partial charge in [0.2, 0.25) is 5.89 Å². The Balaban J connectivity index is 2.40. The van der Waals surface area contributed by atoms with Crippen molar-refractivity contribution >= 4 is 51.3 Å². The first-order valence-electron chi connectivity index (χ1n) is 5.48. The van der Waals surface area contributed by atoms with E-state index in [9.17, 15) is 15.0 Å². The standard InChI is InChI=1S/C12H8BrClN2O4S/c1-5-15-16-12(20-5)21-9(11(18)19)3-6-2-7(14)4-8(13)10(6)17/h2-4,17H,1H3,(H,18,19)/b9-3-. The van der Waals surface area contributed by atoms with Crippen LogP contribution in [-0.2, 0) is 4.79 Å². The molecule has 0 aliphatic carbocycles. The van der Waals surface area contributed by atoms with Crippen LogP contribution in [0.2, 0.25) is 5.02 Å². The zero-order chi connectivity index (χ0) is 15.6. The predicted octanol–water partition coefficient (Wildman–Crippen LogP) is 3.72. The summed E-state index contributed by atoms with van der Waals surface area (Å²) < 4.78 is 5.48. The molecule has 2 N–H and O–H groups in total. The van der Waals surface area contributed by atoms with Crippen LogP contribution in [0, 0.1) is 6.92 Å². The molecule has 2 rings (SSSR count). The Hall–Kier alpha value is -1.51. The summed E-state index contributed by atoms with van der Waals surface area (Å²) >= 11 is 9.80. The van der Waals surface area contributed by atoms with Gasteiger partial charge in [0.1, 0.15) is 10.7 Å². The van der Waals surface area contributed by atoms with Gasteiger partial charge in [-0.2, -0.15) is 0 Å².